The van der Waals surface area contributed by atoms with E-state index in [9.17, 15) is 24.0 Å². The van der Waals surface area contributed by atoms with Crippen molar-refractivity contribution in [2.24, 2.45) is 11.8 Å². The summed E-state index contributed by atoms with van der Waals surface area (Å²) in [6.45, 7) is 9.32. The van der Waals surface area contributed by atoms with E-state index < -0.39 is 41.9 Å². The van der Waals surface area contributed by atoms with Crippen molar-refractivity contribution in [1.29, 1.82) is 0 Å². The van der Waals surface area contributed by atoms with Gasteiger partial charge in [-0.1, -0.05) is 45.9 Å². The molecule has 2 heterocycles. The highest BCUT2D eigenvalue weighted by atomic mass is 16.5. The Morgan fingerprint density at radius 1 is 1.00 bits per heavy atom. The smallest absolute Gasteiger partial charge is 0.328 e. The Labute approximate surface area is 240 Å². The standard InChI is InChI=1S/C30H42N4O7/c1-17(2)13-22(32-28(37)26-15-20-9-7-8-10-25(20)41-26)27(36)31-21-12-11-19(5)34(16-24(21)35)30(39)33-23(14-18(3)4)29(38)40-6/h7-10,15,17-19,21-23H,11-14,16H2,1-6H3,(H,31,36)(H,32,37)(H,33,39)/t19-,21-,22?,23+/m0/s1. The summed E-state index contributed by atoms with van der Waals surface area (Å²) < 4.78 is 10.5. The fraction of sp³-hybridized carbons (Fsp3) is 0.567. The SMILES string of the molecule is COC(=O)[C@@H](CC(C)C)NC(=O)N1CC(=O)[C@@H](NC(=O)C(CC(C)C)NC(=O)c2cc3ccccc3o2)CC[C@@H]1C. The fourth-order valence-corrected chi connectivity index (χ4v) is 4.94. The van der Waals surface area contributed by atoms with Gasteiger partial charge in [0.15, 0.2) is 11.5 Å². The first-order chi connectivity index (χ1) is 19.4. The summed E-state index contributed by atoms with van der Waals surface area (Å²) in [5, 5.41) is 9.05. The zero-order valence-corrected chi connectivity index (χ0v) is 24.7. The molecule has 0 saturated carbocycles. The monoisotopic (exact) mass is 570 g/mol. The molecular weight excluding hydrogens is 528 g/mol. The number of amides is 4. The van der Waals surface area contributed by atoms with E-state index in [-0.39, 0.29) is 36.0 Å². The second kappa shape index (κ2) is 14.1. The number of fused-ring (bicyclic) bond motifs is 1. The summed E-state index contributed by atoms with van der Waals surface area (Å²) in [5.41, 5.74) is 0.566. The van der Waals surface area contributed by atoms with Crippen molar-refractivity contribution in [1.82, 2.24) is 20.9 Å². The van der Waals surface area contributed by atoms with Crippen LogP contribution in [0.2, 0.25) is 0 Å². The largest absolute Gasteiger partial charge is 0.467 e. The highest BCUT2D eigenvalue weighted by Crippen LogP contribution is 2.20. The molecule has 1 saturated heterocycles. The molecule has 224 valence electrons. The Bertz CT molecular complexity index is 1220. The van der Waals surface area contributed by atoms with E-state index >= 15 is 0 Å². The number of nitrogens with zero attached hydrogens (tertiary/aromatic N) is 1. The first-order valence-electron chi connectivity index (χ1n) is 14.2. The van der Waals surface area contributed by atoms with Gasteiger partial charge in [-0.25, -0.2) is 9.59 Å². The molecule has 0 radical (unpaired) electrons. The molecule has 1 aromatic carbocycles. The molecule has 11 heteroatoms. The summed E-state index contributed by atoms with van der Waals surface area (Å²) in [7, 11) is 1.26. The molecule has 1 unspecified atom stereocenters. The van der Waals surface area contributed by atoms with E-state index in [1.54, 1.807) is 18.2 Å². The van der Waals surface area contributed by atoms with Crippen LogP contribution in [0.3, 0.4) is 0 Å². The summed E-state index contributed by atoms with van der Waals surface area (Å²) in [6, 6.07) is 5.46. The van der Waals surface area contributed by atoms with Crippen molar-refractivity contribution in [2.75, 3.05) is 13.7 Å². The third-order valence-electron chi connectivity index (χ3n) is 7.17. The minimum atomic E-state index is -0.888. The number of rotatable bonds is 10. The maximum Gasteiger partial charge on any atom is 0.328 e. The summed E-state index contributed by atoms with van der Waals surface area (Å²) in [4.78, 5) is 66.2. The van der Waals surface area contributed by atoms with E-state index in [1.807, 2.05) is 46.8 Å². The third-order valence-corrected chi connectivity index (χ3v) is 7.17. The molecule has 0 bridgehead atoms. The number of methoxy groups -OCH3 is 1. The van der Waals surface area contributed by atoms with Gasteiger partial charge in [-0.05, 0) is 56.6 Å². The molecular formula is C30H42N4O7. The Balaban J connectivity index is 1.67. The Kier molecular flexibility index (Phi) is 10.9. The highest BCUT2D eigenvalue weighted by Gasteiger charge is 2.35. The molecule has 3 rings (SSSR count). The number of Topliss-reactive ketones (excluding diaryl/α,β-unsaturated/α-hetero) is 1. The van der Waals surface area contributed by atoms with E-state index in [1.165, 1.54) is 12.0 Å². The number of ketones is 1. The number of benzene rings is 1. The summed E-state index contributed by atoms with van der Waals surface area (Å²) in [5.74, 6) is -1.57. The average molecular weight is 571 g/mol. The maximum absolute atomic E-state index is 13.3. The topological polar surface area (TPSA) is 147 Å². The van der Waals surface area contributed by atoms with Gasteiger partial charge in [-0.2, -0.15) is 0 Å². The van der Waals surface area contributed by atoms with Crippen LogP contribution in [0.25, 0.3) is 11.0 Å². The van der Waals surface area contributed by atoms with Crippen molar-refractivity contribution in [3.8, 4) is 0 Å². The number of para-hydroxylation sites is 1. The van der Waals surface area contributed by atoms with Crippen LogP contribution in [0.5, 0.6) is 0 Å². The Morgan fingerprint density at radius 3 is 2.29 bits per heavy atom. The minimum Gasteiger partial charge on any atom is -0.467 e. The Morgan fingerprint density at radius 2 is 1.66 bits per heavy atom. The van der Waals surface area contributed by atoms with Crippen molar-refractivity contribution >= 4 is 40.6 Å². The zero-order chi connectivity index (χ0) is 30.3. The molecule has 4 atom stereocenters. The van der Waals surface area contributed by atoms with Gasteiger partial charge in [0.2, 0.25) is 5.91 Å². The van der Waals surface area contributed by atoms with Crippen LogP contribution in [-0.4, -0.2) is 72.3 Å². The first kappa shape index (κ1) is 31.6. The van der Waals surface area contributed by atoms with Crippen molar-refractivity contribution in [3.63, 3.8) is 0 Å². The predicted octanol–water partition coefficient (Wildman–Crippen LogP) is 3.41. The molecule has 3 N–H and O–H groups in total. The van der Waals surface area contributed by atoms with E-state index in [2.05, 4.69) is 16.0 Å². The van der Waals surface area contributed by atoms with Crippen LogP contribution in [0.1, 0.15) is 70.9 Å². The van der Waals surface area contributed by atoms with Crippen LogP contribution in [0.4, 0.5) is 4.79 Å². The molecule has 1 fully saturated rings. The van der Waals surface area contributed by atoms with Crippen LogP contribution in [0.15, 0.2) is 34.7 Å². The number of ether oxygens (including phenoxy) is 1. The lowest BCUT2D eigenvalue weighted by atomic mass is 10.0. The number of furan rings is 1. The van der Waals surface area contributed by atoms with Gasteiger partial charge < -0.3 is 30.0 Å². The molecule has 0 spiro atoms. The quantitative estimate of drug-likeness (QED) is 0.371. The number of carbonyl (C=O) groups excluding carboxylic acids is 5. The van der Waals surface area contributed by atoms with Crippen molar-refractivity contribution in [3.05, 3.63) is 36.1 Å². The number of hydrogen-bond acceptors (Lipinski definition) is 7. The predicted molar refractivity (Wildman–Crippen MR) is 153 cm³/mol. The number of urea groups is 1. The summed E-state index contributed by atoms with van der Waals surface area (Å²) >= 11 is 0. The van der Waals surface area contributed by atoms with E-state index in [4.69, 9.17) is 9.15 Å². The average Bonchev–Trinajstić information content (AvgIpc) is 3.30. The number of hydrogen-bond donors (Lipinski definition) is 3. The van der Waals surface area contributed by atoms with Gasteiger partial charge in [0, 0.05) is 11.4 Å². The van der Waals surface area contributed by atoms with E-state index in [0.717, 1.165) is 5.39 Å². The second-order valence-electron chi connectivity index (χ2n) is 11.5. The number of nitrogens with one attached hydrogen (secondary N) is 3. The highest BCUT2D eigenvalue weighted by molar-refractivity contribution is 6.00. The lowest BCUT2D eigenvalue weighted by molar-refractivity contribution is -0.143. The molecule has 0 aliphatic carbocycles. The molecule has 41 heavy (non-hydrogen) atoms. The molecule has 1 aromatic heterocycles. The number of esters is 1. The lowest BCUT2D eigenvalue weighted by Gasteiger charge is -2.29. The van der Waals surface area contributed by atoms with Crippen LogP contribution in [-0.2, 0) is 19.1 Å². The third kappa shape index (κ3) is 8.55. The second-order valence-corrected chi connectivity index (χ2v) is 11.5. The van der Waals surface area contributed by atoms with Crippen LogP contribution in [0, 0.1) is 11.8 Å². The lowest BCUT2D eigenvalue weighted by Crippen LogP contribution is -2.54. The fourth-order valence-electron chi connectivity index (χ4n) is 4.94. The molecule has 11 nitrogen and oxygen atoms in total. The summed E-state index contributed by atoms with van der Waals surface area (Å²) in [6.07, 6.45) is 1.53. The number of carbonyl (C=O) groups is 5. The molecule has 1 aliphatic rings. The van der Waals surface area contributed by atoms with Gasteiger partial charge in [0.1, 0.15) is 17.7 Å². The molecule has 4 amide bonds. The van der Waals surface area contributed by atoms with Crippen LogP contribution >= 0.6 is 0 Å². The minimum absolute atomic E-state index is 0.0827. The van der Waals surface area contributed by atoms with Gasteiger partial charge in [-0.3, -0.25) is 14.4 Å². The molecule has 2 aromatic rings. The normalized spacial score (nSPS) is 19.0. The van der Waals surface area contributed by atoms with Crippen LogP contribution < -0.4 is 16.0 Å². The maximum atomic E-state index is 13.3. The van der Waals surface area contributed by atoms with Gasteiger partial charge in [0.05, 0.1) is 19.7 Å². The van der Waals surface area contributed by atoms with Gasteiger partial charge in [0.25, 0.3) is 5.91 Å². The number of likely N-dealkylation sites (tertiary alicyclic amines) is 1. The Hall–Kier alpha value is -3.89. The van der Waals surface area contributed by atoms with Gasteiger partial charge in [-0.15, -0.1) is 0 Å². The first-order valence-corrected chi connectivity index (χ1v) is 14.2. The van der Waals surface area contributed by atoms with E-state index in [0.29, 0.717) is 31.3 Å². The van der Waals surface area contributed by atoms with Crippen molar-refractivity contribution < 1.29 is 33.1 Å². The molecule has 1 aliphatic heterocycles. The van der Waals surface area contributed by atoms with Gasteiger partial charge >= 0.3 is 12.0 Å². The van der Waals surface area contributed by atoms with Crippen molar-refractivity contribution in [2.45, 2.75) is 84.5 Å². The zero-order valence-electron chi connectivity index (χ0n) is 24.7.